The minimum atomic E-state index is -0.483. The van der Waals surface area contributed by atoms with E-state index in [1.54, 1.807) is 4.90 Å². The first kappa shape index (κ1) is 23.8. The van der Waals surface area contributed by atoms with E-state index in [0.29, 0.717) is 16.7 Å². The quantitative estimate of drug-likeness (QED) is 0.433. The van der Waals surface area contributed by atoms with Gasteiger partial charge in [-0.15, -0.1) is 12.4 Å². The van der Waals surface area contributed by atoms with Gasteiger partial charge in [-0.25, -0.2) is 9.37 Å². The zero-order valence-corrected chi connectivity index (χ0v) is 19.4. The van der Waals surface area contributed by atoms with Crippen LogP contribution in [0.1, 0.15) is 22.3 Å². The fraction of sp³-hybridized carbons (Fsp3) is 0.300. The highest BCUT2D eigenvalue weighted by Gasteiger charge is 2.24. The molecule has 9 heteroatoms. The van der Waals surface area contributed by atoms with Crippen molar-refractivity contribution in [2.45, 2.75) is 13.3 Å². The number of carbonyl (C=O) groups is 1. The molecule has 0 spiro atoms. The van der Waals surface area contributed by atoms with E-state index < -0.39 is 5.82 Å². The fourth-order valence-corrected chi connectivity index (χ4v) is 4.43. The van der Waals surface area contributed by atoms with E-state index in [2.05, 4.69) is 4.98 Å². The maximum atomic E-state index is 13.4. The number of benzene rings is 2. The summed E-state index contributed by atoms with van der Waals surface area (Å²) in [7, 11) is 3.95. The number of hydrogen-bond acceptors (Lipinski definition) is 4. The molecule has 156 valence electrons. The maximum absolute atomic E-state index is 13.4. The van der Waals surface area contributed by atoms with E-state index in [0.717, 1.165) is 34.8 Å². The second-order valence-corrected chi connectivity index (χ2v) is 8.57. The van der Waals surface area contributed by atoms with Crippen LogP contribution in [0.25, 0.3) is 10.2 Å². The van der Waals surface area contributed by atoms with Gasteiger partial charge >= 0.3 is 0 Å². The van der Waals surface area contributed by atoms with Crippen molar-refractivity contribution in [3.63, 3.8) is 0 Å². The predicted molar refractivity (Wildman–Crippen MR) is 123 cm³/mol. The fourth-order valence-electron chi connectivity index (χ4n) is 2.84. The third kappa shape index (κ3) is 5.38. The number of fused-ring (bicyclic) bond motifs is 1. The van der Waals surface area contributed by atoms with Gasteiger partial charge in [0.25, 0.3) is 5.91 Å². The summed E-state index contributed by atoms with van der Waals surface area (Å²) in [6, 6.07) is 7.52. The Bertz CT molecular complexity index is 987. The molecule has 4 nitrogen and oxygen atoms in total. The lowest BCUT2D eigenvalue weighted by molar-refractivity contribution is 0.0986. The van der Waals surface area contributed by atoms with Gasteiger partial charge in [0.15, 0.2) is 5.13 Å². The molecule has 3 rings (SSSR count). The zero-order chi connectivity index (χ0) is 20.4. The Hall–Kier alpha value is -1.44. The highest BCUT2D eigenvalue weighted by atomic mass is 35.5. The lowest BCUT2D eigenvalue weighted by atomic mass is 10.2. The molecule has 0 radical (unpaired) electrons. The number of thiazole rings is 1. The number of halogens is 4. The molecule has 0 bridgehead atoms. The van der Waals surface area contributed by atoms with Crippen molar-refractivity contribution in [2.75, 3.05) is 32.1 Å². The molecule has 0 saturated carbocycles. The maximum Gasteiger partial charge on any atom is 0.261 e. The van der Waals surface area contributed by atoms with Gasteiger partial charge in [-0.05, 0) is 63.8 Å². The van der Waals surface area contributed by atoms with Crippen LogP contribution in [-0.2, 0) is 0 Å². The Kier molecular flexibility index (Phi) is 8.26. The SMILES string of the molecule is Cc1ccc(Cl)c2sc(N(CCCN(C)C)C(=O)c3ccc(F)cc3Cl)nc12.Cl. The highest BCUT2D eigenvalue weighted by molar-refractivity contribution is 7.23. The van der Waals surface area contributed by atoms with Crippen molar-refractivity contribution in [3.8, 4) is 0 Å². The van der Waals surface area contributed by atoms with E-state index in [9.17, 15) is 9.18 Å². The lowest BCUT2D eigenvalue weighted by Gasteiger charge is -2.21. The third-order valence-electron chi connectivity index (χ3n) is 4.31. The van der Waals surface area contributed by atoms with Crippen molar-refractivity contribution in [1.82, 2.24) is 9.88 Å². The Labute approximate surface area is 189 Å². The topological polar surface area (TPSA) is 36.4 Å². The van der Waals surface area contributed by atoms with Gasteiger partial charge in [0.2, 0.25) is 0 Å². The van der Waals surface area contributed by atoms with Crippen molar-refractivity contribution >= 4 is 68.2 Å². The van der Waals surface area contributed by atoms with Crippen LogP contribution >= 0.6 is 46.9 Å². The van der Waals surface area contributed by atoms with Gasteiger partial charge in [-0.2, -0.15) is 0 Å². The third-order valence-corrected chi connectivity index (χ3v) is 6.16. The molecule has 0 unspecified atom stereocenters. The summed E-state index contributed by atoms with van der Waals surface area (Å²) in [4.78, 5) is 21.6. The van der Waals surface area contributed by atoms with E-state index in [1.165, 1.54) is 23.5 Å². The summed E-state index contributed by atoms with van der Waals surface area (Å²) in [6.07, 6.45) is 0.750. The Morgan fingerprint density at radius 1 is 1.14 bits per heavy atom. The molecule has 1 amide bonds. The molecule has 0 N–H and O–H groups in total. The standard InChI is InChI=1S/C20H20Cl2FN3OS.ClH/c1-12-5-8-15(21)18-17(12)24-20(28-18)26(10-4-9-25(2)3)19(27)14-7-6-13(23)11-16(14)22;/h5-8,11H,4,9-10H2,1-3H3;1H. The molecule has 0 aliphatic carbocycles. The minimum Gasteiger partial charge on any atom is -0.309 e. The second kappa shape index (κ2) is 10.0. The largest absolute Gasteiger partial charge is 0.309 e. The van der Waals surface area contributed by atoms with Gasteiger partial charge in [-0.1, -0.05) is 40.6 Å². The summed E-state index contributed by atoms with van der Waals surface area (Å²) in [5, 5.41) is 1.23. The normalized spacial score (nSPS) is 11.0. The van der Waals surface area contributed by atoms with E-state index in [1.807, 2.05) is 38.1 Å². The number of anilines is 1. The van der Waals surface area contributed by atoms with Crippen molar-refractivity contribution in [2.24, 2.45) is 0 Å². The minimum absolute atomic E-state index is 0. The van der Waals surface area contributed by atoms with Gasteiger partial charge in [0.1, 0.15) is 5.82 Å². The van der Waals surface area contributed by atoms with Crippen LogP contribution in [0.3, 0.4) is 0 Å². The summed E-state index contributed by atoms with van der Waals surface area (Å²) in [6.45, 7) is 3.23. The van der Waals surface area contributed by atoms with Crippen LogP contribution < -0.4 is 4.90 Å². The number of aryl methyl sites for hydroxylation is 1. The monoisotopic (exact) mass is 475 g/mol. The highest BCUT2D eigenvalue weighted by Crippen LogP contribution is 2.36. The molecule has 0 saturated heterocycles. The van der Waals surface area contributed by atoms with Crippen LogP contribution in [0.2, 0.25) is 10.0 Å². The average molecular weight is 477 g/mol. The first-order valence-corrected chi connectivity index (χ1v) is 10.3. The Morgan fingerprint density at radius 3 is 2.48 bits per heavy atom. The average Bonchev–Trinajstić information content (AvgIpc) is 3.07. The molecule has 0 atom stereocenters. The van der Waals surface area contributed by atoms with Crippen LogP contribution in [0.4, 0.5) is 9.52 Å². The molecule has 0 fully saturated rings. The first-order chi connectivity index (χ1) is 13.3. The molecule has 29 heavy (non-hydrogen) atoms. The molecule has 3 aromatic rings. The van der Waals surface area contributed by atoms with E-state index in [-0.39, 0.29) is 28.9 Å². The first-order valence-electron chi connectivity index (χ1n) is 8.75. The number of nitrogens with zero attached hydrogens (tertiary/aromatic N) is 3. The summed E-state index contributed by atoms with van der Waals surface area (Å²) < 4.78 is 14.3. The van der Waals surface area contributed by atoms with Crippen LogP contribution in [-0.4, -0.2) is 43.0 Å². The van der Waals surface area contributed by atoms with Crippen LogP contribution in [0, 0.1) is 12.7 Å². The number of carbonyl (C=O) groups excluding carboxylic acids is 1. The zero-order valence-electron chi connectivity index (χ0n) is 16.2. The van der Waals surface area contributed by atoms with Crippen molar-refractivity contribution in [3.05, 3.63) is 57.3 Å². The molecule has 2 aromatic carbocycles. The summed E-state index contributed by atoms with van der Waals surface area (Å²) >= 11 is 13.8. The van der Waals surface area contributed by atoms with Crippen LogP contribution in [0.15, 0.2) is 30.3 Å². The Morgan fingerprint density at radius 2 is 1.86 bits per heavy atom. The molecule has 0 aliphatic heterocycles. The number of amides is 1. The second-order valence-electron chi connectivity index (χ2n) is 6.78. The van der Waals surface area contributed by atoms with Gasteiger partial charge in [0.05, 0.1) is 25.8 Å². The molecular formula is C20H21Cl3FN3OS. The smallest absolute Gasteiger partial charge is 0.261 e. The van der Waals surface area contributed by atoms with Crippen molar-refractivity contribution in [1.29, 1.82) is 0 Å². The van der Waals surface area contributed by atoms with E-state index >= 15 is 0 Å². The number of hydrogen-bond donors (Lipinski definition) is 0. The molecule has 1 heterocycles. The van der Waals surface area contributed by atoms with Gasteiger partial charge in [-0.3, -0.25) is 9.69 Å². The molecule has 1 aromatic heterocycles. The summed E-state index contributed by atoms with van der Waals surface area (Å²) in [5.41, 5.74) is 2.01. The van der Waals surface area contributed by atoms with Gasteiger partial charge in [0, 0.05) is 6.54 Å². The van der Waals surface area contributed by atoms with Crippen molar-refractivity contribution < 1.29 is 9.18 Å². The lowest BCUT2D eigenvalue weighted by Crippen LogP contribution is -2.33. The number of aromatic nitrogens is 1. The molecular weight excluding hydrogens is 456 g/mol. The van der Waals surface area contributed by atoms with Gasteiger partial charge < -0.3 is 4.90 Å². The Balaban J connectivity index is 0.00000300. The molecule has 0 aliphatic rings. The van der Waals surface area contributed by atoms with E-state index in [4.69, 9.17) is 23.2 Å². The predicted octanol–water partition coefficient (Wildman–Crippen LogP) is 6.07. The number of rotatable bonds is 6. The van der Waals surface area contributed by atoms with Crippen LogP contribution in [0.5, 0.6) is 0 Å². The summed E-state index contributed by atoms with van der Waals surface area (Å²) in [5.74, 6) is -0.792.